The van der Waals surface area contributed by atoms with Crippen molar-refractivity contribution >= 4 is 35.2 Å². The highest BCUT2D eigenvalue weighted by Crippen LogP contribution is 2.74. The van der Waals surface area contributed by atoms with Crippen LogP contribution >= 0.6 is 0 Å². The smallest absolute Gasteiger partial charge is 0.339 e. The molecule has 10 atom stereocenters. The monoisotopic (exact) mass is 844 g/mol. The third kappa shape index (κ3) is 8.47. The van der Waals surface area contributed by atoms with Gasteiger partial charge in [-0.05, 0) is 147 Å². The number of amides is 1. The Balaban J connectivity index is 1.15. The van der Waals surface area contributed by atoms with Crippen LogP contribution in [0.1, 0.15) is 126 Å². The van der Waals surface area contributed by atoms with Crippen molar-refractivity contribution in [2.24, 2.45) is 39.9 Å². The summed E-state index contributed by atoms with van der Waals surface area (Å²) in [5, 5.41) is 15.5. The van der Waals surface area contributed by atoms with Crippen molar-refractivity contribution in [1.82, 2.24) is 0 Å². The number of nitrogens with two attached hydrogens (primary N) is 1. The second-order valence-corrected chi connectivity index (χ2v) is 19.4. The SMILES string of the molecule is CC(=O)O[C@H]1C[C@@]2(C)C(C[C@@H](O)C3[C@@]4(C)CC[C@@H](OC(=O)c5ccccc5C(=O)Nc5cccc(N)c5)[C@@H](C)C4CC[C@@]32C)/C1=C(\CCC=C(C)C)C(=O)OCc1ccccc1. The zero-order valence-corrected chi connectivity index (χ0v) is 37.4. The summed E-state index contributed by atoms with van der Waals surface area (Å²) < 4.78 is 18.5. The van der Waals surface area contributed by atoms with Crippen LogP contribution in [0.25, 0.3) is 0 Å². The van der Waals surface area contributed by atoms with E-state index in [2.05, 4.69) is 39.1 Å². The van der Waals surface area contributed by atoms with Crippen molar-refractivity contribution in [3.63, 3.8) is 0 Å². The molecule has 4 N–H and O–H groups in total. The molecule has 4 fully saturated rings. The zero-order chi connectivity index (χ0) is 44.6. The van der Waals surface area contributed by atoms with E-state index in [1.54, 1.807) is 48.5 Å². The van der Waals surface area contributed by atoms with Crippen LogP contribution in [0.4, 0.5) is 11.4 Å². The van der Waals surface area contributed by atoms with Crippen LogP contribution in [0.3, 0.4) is 0 Å². The largest absolute Gasteiger partial charge is 0.458 e. The normalized spacial score (nSPS) is 31.9. The predicted molar refractivity (Wildman–Crippen MR) is 240 cm³/mol. The van der Waals surface area contributed by atoms with Crippen LogP contribution in [0, 0.1) is 39.9 Å². The predicted octanol–water partition coefficient (Wildman–Crippen LogP) is 10.0. The molecule has 3 unspecified atom stereocenters. The molecule has 10 nitrogen and oxygen atoms in total. The number of carbonyl (C=O) groups is 4. The molecule has 330 valence electrons. The first kappa shape index (κ1) is 44.8. The molecule has 3 aromatic rings. The molecule has 1 amide bonds. The molecule has 7 rings (SSSR count). The van der Waals surface area contributed by atoms with E-state index in [0.29, 0.717) is 49.1 Å². The molecule has 10 heteroatoms. The minimum absolute atomic E-state index is 0.0119. The molecule has 4 aliphatic carbocycles. The third-order valence-corrected chi connectivity index (χ3v) is 15.5. The van der Waals surface area contributed by atoms with Crippen molar-refractivity contribution in [2.45, 2.75) is 125 Å². The average molecular weight is 845 g/mol. The first-order valence-electron chi connectivity index (χ1n) is 22.4. The van der Waals surface area contributed by atoms with Gasteiger partial charge in [-0.25, -0.2) is 9.59 Å². The second kappa shape index (κ2) is 17.9. The van der Waals surface area contributed by atoms with E-state index >= 15 is 0 Å². The van der Waals surface area contributed by atoms with Crippen molar-refractivity contribution in [3.05, 3.63) is 118 Å². The van der Waals surface area contributed by atoms with Gasteiger partial charge in [0.1, 0.15) is 18.8 Å². The highest BCUT2D eigenvalue weighted by Gasteiger charge is 2.71. The van der Waals surface area contributed by atoms with Gasteiger partial charge in [0.25, 0.3) is 5.91 Å². The van der Waals surface area contributed by atoms with Gasteiger partial charge in [0, 0.05) is 23.9 Å². The lowest BCUT2D eigenvalue weighted by Crippen LogP contribution is -2.65. The molecule has 0 heterocycles. The lowest BCUT2D eigenvalue weighted by atomic mass is 9.36. The molecule has 3 aromatic carbocycles. The van der Waals surface area contributed by atoms with Gasteiger partial charge >= 0.3 is 17.9 Å². The molecule has 4 saturated carbocycles. The number of carbonyl (C=O) groups excluding carboxylic acids is 4. The molecule has 0 aromatic heterocycles. The van der Waals surface area contributed by atoms with Gasteiger partial charge in [0.2, 0.25) is 0 Å². The number of rotatable bonds is 11. The number of esters is 3. The first-order valence-corrected chi connectivity index (χ1v) is 22.4. The first-order chi connectivity index (χ1) is 29.5. The number of ether oxygens (including phenoxy) is 3. The highest BCUT2D eigenvalue weighted by molar-refractivity contribution is 6.11. The van der Waals surface area contributed by atoms with Crippen LogP contribution in [0.2, 0.25) is 0 Å². The Morgan fingerprint density at radius 3 is 2.27 bits per heavy atom. The Morgan fingerprint density at radius 2 is 1.58 bits per heavy atom. The number of hydrogen-bond acceptors (Lipinski definition) is 9. The molecule has 0 radical (unpaired) electrons. The van der Waals surface area contributed by atoms with Crippen molar-refractivity contribution in [3.8, 4) is 0 Å². The van der Waals surface area contributed by atoms with E-state index in [1.165, 1.54) is 6.92 Å². The maximum atomic E-state index is 14.3. The summed E-state index contributed by atoms with van der Waals surface area (Å²) in [6.07, 6.45) is 5.50. The van der Waals surface area contributed by atoms with Crippen LogP contribution in [0.5, 0.6) is 0 Å². The van der Waals surface area contributed by atoms with Crippen molar-refractivity contribution in [2.75, 3.05) is 11.1 Å². The molecule has 0 spiro atoms. The number of allylic oxidation sites excluding steroid dienone is 2. The summed E-state index contributed by atoms with van der Waals surface area (Å²) >= 11 is 0. The fourth-order valence-electron chi connectivity index (χ4n) is 12.6. The summed E-state index contributed by atoms with van der Waals surface area (Å²) in [7, 11) is 0. The Kier molecular flexibility index (Phi) is 12.9. The van der Waals surface area contributed by atoms with Gasteiger partial charge in [-0.3, -0.25) is 9.59 Å². The highest BCUT2D eigenvalue weighted by atomic mass is 16.6. The van der Waals surface area contributed by atoms with E-state index in [1.807, 2.05) is 44.2 Å². The lowest BCUT2D eigenvalue weighted by Gasteiger charge is -2.69. The number of nitrogen functional groups attached to an aromatic ring is 1. The Morgan fingerprint density at radius 1 is 0.871 bits per heavy atom. The number of hydrogen-bond donors (Lipinski definition) is 3. The molecular formula is C52H64N2O8. The van der Waals surface area contributed by atoms with Crippen LogP contribution < -0.4 is 11.1 Å². The van der Waals surface area contributed by atoms with E-state index in [4.69, 9.17) is 19.9 Å². The molecule has 4 aliphatic rings. The van der Waals surface area contributed by atoms with Gasteiger partial charge in [-0.1, -0.05) is 87.9 Å². The number of anilines is 2. The quantitative estimate of drug-likeness (QED) is 0.0563. The minimum Gasteiger partial charge on any atom is -0.458 e. The van der Waals surface area contributed by atoms with Crippen molar-refractivity contribution < 1.29 is 38.5 Å². The van der Waals surface area contributed by atoms with Crippen LogP contribution in [-0.2, 0) is 30.4 Å². The number of aliphatic hydroxyl groups excluding tert-OH is 1. The molecule has 0 aliphatic heterocycles. The summed E-state index contributed by atoms with van der Waals surface area (Å²) in [6.45, 7) is 14.7. The Labute approximate surface area is 366 Å². The molecule has 62 heavy (non-hydrogen) atoms. The second-order valence-electron chi connectivity index (χ2n) is 19.4. The summed E-state index contributed by atoms with van der Waals surface area (Å²) in [5.74, 6) is -1.94. The van der Waals surface area contributed by atoms with Crippen LogP contribution in [0.15, 0.2) is 102 Å². The van der Waals surface area contributed by atoms with Gasteiger partial charge in [-0.2, -0.15) is 0 Å². The maximum absolute atomic E-state index is 14.3. The average Bonchev–Trinajstić information content (AvgIpc) is 3.50. The van der Waals surface area contributed by atoms with Crippen LogP contribution in [-0.4, -0.2) is 47.2 Å². The van der Waals surface area contributed by atoms with Crippen molar-refractivity contribution in [1.29, 1.82) is 0 Å². The topological polar surface area (TPSA) is 154 Å². The van der Waals surface area contributed by atoms with E-state index in [0.717, 1.165) is 36.0 Å². The van der Waals surface area contributed by atoms with Gasteiger partial charge < -0.3 is 30.4 Å². The molecular weight excluding hydrogens is 781 g/mol. The van der Waals surface area contributed by atoms with Gasteiger partial charge in [0.05, 0.1) is 17.2 Å². The number of benzene rings is 3. The fourth-order valence-corrected chi connectivity index (χ4v) is 12.6. The number of nitrogens with one attached hydrogen (secondary N) is 1. The Bertz CT molecular complexity index is 2250. The summed E-state index contributed by atoms with van der Waals surface area (Å²) in [4.78, 5) is 54.5. The molecule has 0 bridgehead atoms. The lowest BCUT2D eigenvalue weighted by molar-refractivity contribution is -0.234. The zero-order valence-electron chi connectivity index (χ0n) is 37.4. The van der Waals surface area contributed by atoms with E-state index < -0.39 is 41.4 Å². The minimum atomic E-state index is -0.687. The standard InChI is InChI=1S/C52H64N2O8/c1-31(2)15-13-22-39(48(58)60-30-34-16-9-8-10-17-34)45-41-28-42(56)46-50(5)25-24-43(32(3)40(50)23-26-51(46,6)52(41,7)29-44(45)61-33(4)55)62-49(59)38-21-12-11-20-37(38)47(57)54-36-19-14-18-35(53)27-36/h8-12,14-21,27,32,40-44,46,56H,13,22-26,28-30,53H2,1-7H3,(H,54,57)/b45-39-/t32-,40?,41?,42+,43+,44-,46?,50-,51-,52-/m0/s1. The summed E-state index contributed by atoms with van der Waals surface area (Å²) in [6, 6.07) is 23.2. The van der Waals surface area contributed by atoms with Gasteiger partial charge in [0.15, 0.2) is 0 Å². The number of aliphatic hydroxyl groups is 1. The summed E-state index contributed by atoms with van der Waals surface area (Å²) in [5.41, 5.74) is 9.69. The van der Waals surface area contributed by atoms with Gasteiger partial charge in [-0.15, -0.1) is 0 Å². The van der Waals surface area contributed by atoms with E-state index in [9.17, 15) is 24.3 Å². The number of fused-ring (bicyclic) bond motifs is 5. The Hall–Kier alpha value is -5.22. The third-order valence-electron chi connectivity index (χ3n) is 15.5. The van der Waals surface area contributed by atoms with E-state index in [-0.39, 0.29) is 58.3 Å². The maximum Gasteiger partial charge on any atom is 0.339 e. The fraction of sp³-hybridized carbons (Fsp3) is 0.500. The molecule has 0 saturated heterocycles.